The zero-order valence-electron chi connectivity index (χ0n) is 11.9. The Bertz CT molecular complexity index is 561. The molecule has 6 heteroatoms. The van der Waals surface area contributed by atoms with Crippen molar-refractivity contribution in [1.82, 2.24) is 19.6 Å². The second kappa shape index (κ2) is 5.13. The molecule has 0 amide bonds. The van der Waals surface area contributed by atoms with Crippen molar-refractivity contribution in [3.05, 3.63) is 18.2 Å². The average Bonchev–Trinajstić information content (AvgIpc) is 2.68. The van der Waals surface area contributed by atoms with Crippen LogP contribution >= 0.6 is 0 Å². The van der Waals surface area contributed by atoms with Crippen LogP contribution in [0.25, 0.3) is 5.65 Å². The largest absolute Gasteiger partial charge is 0.388 e. The Kier molecular flexibility index (Phi) is 3.71. The monoisotopic (exact) mass is 263 g/mol. The maximum absolute atomic E-state index is 10.3. The van der Waals surface area contributed by atoms with Gasteiger partial charge in [0.15, 0.2) is 5.82 Å². The minimum Gasteiger partial charge on any atom is -0.388 e. The van der Waals surface area contributed by atoms with Gasteiger partial charge in [-0.25, -0.2) is 4.98 Å². The van der Waals surface area contributed by atoms with Crippen LogP contribution in [0.5, 0.6) is 0 Å². The summed E-state index contributed by atoms with van der Waals surface area (Å²) in [6.45, 7) is 8.34. The predicted molar refractivity (Wildman–Crippen MR) is 74.1 cm³/mol. The molecule has 104 valence electrons. The highest BCUT2D eigenvalue weighted by Crippen LogP contribution is 2.18. The van der Waals surface area contributed by atoms with Gasteiger partial charge in [0.25, 0.3) is 0 Å². The van der Waals surface area contributed by atoms with Gasteiger partial charge in [-0.15, -0.1) is 10.2 Å². The van der Waals surface area contributed by atoms with Crippen LogP contribution in [0, 0.1) is 12.8 Å². The standard InChI is InChI=1S/C13H21N5O/c1-9(2)7-13(4,19)8-15-11-12-17-16-10(3)18(12)6-5-14-11/h5-6,9,19H,7-8H2,1-4H3,(H,14,15). The first kappa shape index (κ1) is 13.7. The number of hydrogen-bond donors (Lipinski definition) is 2. The van der Waals surface area contributed by atoms with Crippen molar-refractivity contribution >= 4 is 11.5 Å². The van der Waals surface area contributed by atoms with E-state index in [0.717, 1.165) is 12.2 Å². The van der Waals surface area contributed by atoms with E-state index in [2.05, 4.69) is 34.3 Å². The highest BCUT2D eigenvalue weighted by atomic mass is 16.3. The molecule has 19 heavy (non-hydrogen) atoms. The molecule has 0 saturated heterocycles. The summed E-state index contributed by atoms with van der Waals surface area (Å²) < 4.78 is 1.87. The Hall–Kier alpha value is -1.69. The Morgan fingerprint density at radius 3 is 2.84 bits per heavy atom. The second-order valence-electron chi connectivity index (χ2n) is 5.67. The van der Waals surface area contributed by atoms with Crippen molar-refractivity contribution in [1.29, 1.82) is 0 Å². The van der Waals surface area contributed by atoms with Gasteiger partial charge in [0, 0.05) is 18.9 Å². The molecule has 0 aliphatic heterocycles. The van der Waals surface area contributed by atoms with Crippen molar-refractivity contribution < 1.29 is 5.11 Å². The first-order valence-corrected chi connectivity index (χ1v) is 6.51. The van der Waals surface area contributed by atoms with Crippen LogP contribution in [0.4, 0.5) is 5.82 Å². The highest BCUT2D eigenvalue weighted by molar-refractivity contribution is 5.62. The molecule has 0 aromatic carbocycles. The fourth-order valence-electron chi connectivity index (χ4n) is 2.29. The smallest absolute Gasteiger partial charge is 0.203 e. The number of aliphatic hydroxyl groups is 1. The normalized spacial score (nSPS) is 14.8. The van der Waals surface area contributed by atoms with Crippen molar-refractivity contribution in [2.45, 2.75) is 39.7 Å². The third-order valence-electron chi connectivity index (χ3n) is 2.98. The summed E-state index contributed by atoms with van der Waals surface area (Å²) in [5.74, 6) is 1.90. The number of aryl methyl sites for hydroxylation is 1. The lowest BCUT2D eigenvalue weighted by molar-refractivity contribution is 0.0515. The van der Waals surface area contributed by atoms with E-state index in [1.165, 1.54) is 0 Å². The summed E-state index contributed by atoms with van der Waals surface area (Å²) in [5, 5.41) is 21.6. The number of aromatic nitrogens is 4. The summed E-state index contributed by atoms with van der Waals surface area (Å²) in [6, 6.07) is 0. The molecule has 0 fully saturated rings. The van der Waals surface area contributed by atoms with Crippen molar-refractivity contribution in [3.8, 4) is 0 Å². The SMILES string of the molecule is Cc1nnc2c(NCC(C)(O)CC(C)C)nccn12. The molecule has 0 aliphatic carbocycles. The van der Waals surface area contributed by atoms with Gasteiger partial charge in [0.2, 0.25) is 5.65 Å². The molecule has 2 aromatic rings. The molecular formula is C13H21N5O. The van der Waals surface area contributed by atoms with Gasteiger partial charge < -0.3 is 10.4 Å². The van der Waals surface area contributed by atoms with Crippen LogP contribution in [0.15, 0.2) is 12.4 Å². The van der Waals surface area contributed by atoms with Crippen molar-refractivity contribution in [2.75, 3.05) is 11.9 Å². The van der Waals surface area contributed by atoms with Crippen LogP contribution in [0.1, 0.15) is 33.0 Å². The molecule has 2 N–H and O–H groups in total. The summed E-state index contributed by atoms with van der Waals surface area (Å²) in [5.41, 5.74) is -0.0853. The average molecular weight is 263 g/mol. The summed E-state index contributed by atoms with van der Waals surface area (Å²) in [4.78, 5) is 4.26. The van der Waals surface area contributed by atoms with E-state index in [4.69, 9.17) is 0 Å². The molecule has 2 heterocycles. The first-order chi connectivity index (χ1) is 8.89. The fourth-order valence-corrected chi connectivity index (χ4v) is 2.29. The molecule has 0 bridgehead atoms. The Morgan fingerprint density at radius 1 is 1.42 bits per heavy atom. The molecule has 0 spiro atoms. The lowest BCUT2D eigenvalue weighted by Gasteiger charge is -2.25. The van der Waals surface area contributed by atoms with E-state index in [1.807, 2.05) is 24.4 Å². The molecule has 0 saturated carbocycles. The Morgan fingerprint density at radius 2 is 2.16 bits per heavy atom. The van der Waals surface area contributed by atoms with Crippen molar-refractivity contribution in [3.63, 3.8) is 0 Å². The van der Waals surface area contributed by atoms with Gasteiger partial charge in [-0.2, -0.15) is 0 Å². The number of rotatable bonds is 5. The topological polar surface area (TPSA) is 75.3 Å². The summed E-state index contributed by atoms with van der Waals surface area (Å²) >= 11 is 0. The van der Waals surface area contributed by atoms with Gasteiger partial charge in [0.1, 0.15) is 5.82 Å². The van der Waals surface area contributed by atoms with Crippen LogP contribution in [-0.4, -0.2) is 36.8 Å². The molecule has 0 aliphatic rings. The maximum atomic E-state index is 10.3. The van der Waals surface area contributed by atoms with Gasteiger partial charge >= 0.3 is 0 Å². The molecule has 6 nitrogen and oxygen atoms in total. The zero-order chi connectivity index (χ0) is 14.0. The van der Waals surface area contributed by atoms with Gasteiger partial charge in [-0.3, -0.25) is 4.40 Å². The van der Waals surface area contributed by atoms with E-state index >= 15 is 0 Å². The molecular weight excluding hydrogens is 242 g/mol. The van der Waals surface area contributed by atoms with E-state index in [0.29, 0.717) is 23.9 Å². The van der Waals surface area contributed by atoms with E-state index in [1.54, 1.807) is 6.20 Å². The third kappa shape index (κ3) is 3.20. The van der Waals surface area contributed by atoms with E-state index in [9.17, 15) is 5.11 Å². The highest BCUT2D eigenvalue weighted by Gasteiger charge is 2.22. The fraction of sp³-hybridized carbons (Fsp3) is 0.615. The van der Waals surface area contributed by atoms with Crippen molar-refractivity contribution in [2.24, 2.45) is 5.92 Å². The van der Waals surface area contributed by atoms with Crippen LogP contribution in [-0.2, 0) is 0 Å². The maximum Gasteiger partial charge on any atom is 0.203 e. The Labute approximate surface area is 112 Å². The lowest BCUT2D eigenvalue weighted by atomic mass is 9.94. The minimum absolute atomic E-state index is 0.434. The molecule has 0 radical (unpaired) electrons. The van der Waals surface area contributed by atoms with Gasteiger partial charge in [0.05, 0.1) is 5.60 Å². The number of hydrogen-bond acceptors (Lipinski definition) is 5. The number of nitrogens with one attached hydrogen (secondary N) is 1. The zero-order valence-corrected chi connectivity index (χ0v) is 11.9. The number of anilines is 1. The Balaban J connectivity index is 2.14. The second-order valence-corrected chi connectivity index (χ2v) is 5.67. The summed E-state index contributed by atoms with van der Waals surface area (Å²) in [7, 11) is 0. The molecule has 1 unspecified atom stereocenters. The summed E-state index contributed by atoms with van der Waals surface area (Å²) in [6.07, 6.45) is 4.25. The molecule has 1 atom stereocenters. The lowest BCUT2D eigenvalue weighted by Crippen LogP contribution is -2.35. The van der Waals surface area contributed by atoms with E-state index in [-0.39, 0.29) is 0 Å². The molecule has 2 rings (SSSR count). The minimum atomic E-state index is -0.766. The molecule has 2 aromatic heterocycles. The van der Waals surface area contributed by atoms with Gasteiger partial charge in [-0.05, 0) is 26.2 Å². The van der Waals surface area contributed by atoms with Crippen LogP contribution in [0.2, 0.25) is 0 Å². The van der Waals surface area contributed by atoms with Gasteiger partial charge in [-0.1, -0.05) is 13.8 Å². The first-order valence-electron chi connectivity index (χ1n) is 6.51. The quantitative estimate of drug-likeness (QED) is 0.857. The number of fused-ring (bicyclic) bond motifs is 1. The third-order valence-corrected chi connectivity index (χ3v) is 2.98. The van der Waals surface area contributed by atoms with E-state index < -0.39 is 5.60 Å². The van der Waals surface area contributed by atoms with Crippen LogP contribution < -0.4 is 5.32 Å². The predicted octanol–water partition coefficient (Wildman–Crippen LogP) is 1.64. The number of nitrogens with zero attached hydrogens (tertiary/aromatic N) is 4. The van der Waals surface area contributed by atoms with Crippen LogP contribution in [0.3, 0.4) is 0 Å².